The maximum atomic E-state index is 15.9. The molecule has 0 saturated carbocycles. The van der Waals surface area contributed by atoms with Crippen LogP contribution in [0.2, 0.25) is 5.02 Å². The summed E-state index contributed by atoms with van der Waals surface area (Å²) in [5.74, 6) is -1.47. The molecule has 0 aliphatic carbocycles. The molecule has 220 valence electrons. The number of carbonyl (C=O) groups excluding carboxylic acids is 1. The summed E-state index contributed by atoms with van der Waals surface area (Å²) >= 11 is 6.35. The lowest BCUT2D eigenvalue weighted by molar-refractivity contribution is 0.0881. The van der Waals surface area contributed by atoms with Crippen LogP contribution in [0.15, 0.2) is 48.5 Å². The fourth-order valence-electron chi connectivity index (χ4n) is 5.90. The summed E-state index contributed by atoms with van der Waals surface area (Å²) < 4.78 is 33.1. The number of aryl methyl sites for hydroxylation is 3. The molecule has 0 atom stereocenters. The van der Waals surface area contributed by atoms with Gasteiger partial charge in [0.15, 0.2) is 0 Å². The molecule has 5 rings (SSSR count). The van der Waals surface area contributed by atoms with Crippen molar-refractivity contribution in [2.75, 3.05) is 5.32 Å². The normalized spacial score (nSPS) is 14.6. The molecule has 9 heteroatoms. The van der Waals surface area contributed by atoms with Gasteiger partial charge in [-0.15, -0.1) is 0 Å². The van der Waals surface area contributed by atoms with Gasteiger partial charge in [0.1, 0.15) is 11.6 Å². The highest BCUT2D eigenvalue weighted by molar-refractivity contribution is 6.30. The second-order valence-electron chi connectivity index (χ2n) is 11.5. The van der Waals surface area contributed by atoms with Crippen molar-refractivity contribution in [1.29, 1.82) is 0 Å². The standard InChI is InChI=1S/C33H36ClF2N5O/c1-6-20-9-8-10-21(7-2)30(20)41-31(24-14-27(36)28(15-26(24)35)38-32(37)42)25-18-40(33(4,5)16-29(25)39-41)17-22-13-23(34)12-11-19(22)3/h8-15H,6-7,16-18H2,1-5H3,(H3,37,38,42). The Morgan fingerprint density at radius 2 is 1.74 bits per heavy atom. The van der Waals surface area contributed by atoms with Crippen molar-refractivity contribution < 1.29 is 13.6 Å². The molecular formula is C33H36ClF2N5O. The van der Waals surface area contributed by atoms with Crippen LogP contribution in [0.1, 0.15) is 61.2 Å². The Morgan fingerprint density at radius 1 is 1.05 bits per heavy atom. The Hall–Kier alpha value is -3.75. The summed E-state index contributed by atoms with van der Waals surface area (Å²) in [6.07, 6.45) is 2.11. The fraction of sp³-hybridized carbons (Fsp3) is 0.333. The number of para-hydroxylation sites is 1. The molecule has 1 aliphatic rings. The average Bonchev–Trinajstić information content (AvgIpc) is 3.28. The first kappa shape index (κ1) is 29.7. The molecule has 42 heavy (non-hydrogen) atoms. The number of hydrogen-bond acceptors (Lipinski definition) is 3. The van der Waals surface area contributed by atoms with Crippen LogP contribution in [0.4, 0.5) is 19.3 Å². The lowest BCUT2D eigenvalue weighted by Gasteiger charge is -2.42. The molecule has 0 radical (unpaired) electrons. The highest BCUT2D eigenvalue weighted by Crippen LogP contribution is 2.41. The van der Waals surface area contributed by atoms with E-state index in [9.17, 15) is 4.79 Å². The van der Waals surface area contributed by atoms with Gasteiger partial charge in [-0.2, -0.15) is 5.10 Å². The van der Waals surface area contributed by atoms with Gasteiger partial charge in [0.2, 0.25) is 0 Å². The summed E-state index contributed by atoms with van der Waals surface area (Å²) in [7, 11) is 0. The highest BCUT2D eigenvalue weighted by atomic mass is 35.5. The van der Waals surface area contributed by atoms with Crippen LogP contribution < -0.4 is 11.1 Å². The van der Waals surface area contributed by atoms with Crippen molar-refractivity contribution in [3.8, 4) is 16.9 Å². The van der Waals surface area contributed by atoms with Crippen LogP contribution in [0, 0.1) is 18.6 Å². The lowest BCUT2D eigenvalue weighted by atomic mass is 9.87. The quantitative estimate of drug-likeness (QED) is 0.231. The van der Waals surface area contributed by atoms with E-state index >= 15 is 8.78 Å². The molecule has 6 nitrogen and oxygen atoms in total. The van der Waals surface area contributed by atoms with Gasteiger partial charge in [0, 0.05) is 47.3 Å². The monoisotopic (exact) mass is 591 g/mol. The van der Waals surface area contributed by atoms with Crippen LogP contribution in [-0.2, 0) is 32.4 Å². The van der Waals surface area contributed by atoms with E-state index in [0.717, 1.165) is 64.2 Å². The number of nitrogens with two attached hydrogens (primary N) is 1. The van der Waals surface area contributed by atoms with E-state index in [4.69, 9.17) is 22.4 Å². The van der Waals surface area contributed by atoms with E-state index in [0.29, 0.717) is 30.2 Å². The van der Waals surface area contributed by atoms with Crippen LogP contribution in [0.5, 0.6) is 0 Å². The van der Waals surface area contributed by atoms with E-state index in [1.54, 1.807) is 0 Å². The molecule has 2 heterocycles. The summed E-state index contributed by atoms with van der Waals surface area (Å²) in [4.78, 5) is 13.7. The highest BCUT2D eigenvalue weighted by Gasteiger charge is 2.38. The largest absolute Gasteiger partial charge is 0.351 e. The minimum atomic E-state index is -0.970. The topological polar surface area (TPSA) is 76.2 Å². The van der Waals surface area contributed by atoms with E-state index in [-0.39, 0.29) is 16.8 Å². The van der Waals surface area contributed by atoms with Crippen molar-refractivity contribution in [3.63, 3.8) is 0 Å². The molecule has 0 bridgehead atoms. The van der Waals surface area contributed by atoms with E-state index < -0.39 is 17.7 Å². The first-order valence-electron chi connectivity index (χ1n) is 14.2. The average molecular weight is 592 g/mol. The zero-order valence-corrected chi connectivity index (χ0v) is 25.4. The van der Waals surface area contributed by atoms with Gasteiger partial charge in [-0.25, -0.2) is 18.3 Å². The number of carbonyl (C=O) groups is 1. The number of nitrogens with zero attached hydrogens (tertiary/aromatic N) is 3. The van der Waals surface area contributed by atoms with Crippen LogP contribution in [-0.4, -0.2) is 26.3 Å². The van der Waals surface area contributed by atoms with Crippen molar-refractivity contribution in [2.24, 2.45) is 5.73 Å². The number of primary amides is 1. The zero-order valence-electron chi connectivity index (χ0n) is 24.6. The molecule has 1 aromatic heterocycles. The number of hydrogen-bond donors (Lipinski definition) is 2. The van der Waals surface area contributed by atoms with Crippen LogP contribution in [0.3, 0.4) is 0 Å². The molecule has 3 aromatic carbocycles. The van der Waals surface area contributed by atoms with Gasteiger partial charge < -0.3 is 11.1 Å². The predicted molar refractivity (Wildman–Crippen MR) is 164 cm³/mol. The third-order valence-corrected chi connectivity index (χ3v) is 8.53. The third kappa shape index (κ3) is 5.53. The van der Waals surface area contributed by atoms with Gasteiger partial charge in [0.25, 0.3) is 0 Å². The molecule has 0 fully saturated rings. The van der Waals surface area contributed by atoms with Crippen LogP contribution in [0.25, 0.3) is 16.9 Å². The zero-order chi connectivity index (χ0) is 30.3. The van der Waals surface area contributed by atoms with Gasteiger partial charge in [0.05, 0.1) is 22.8 Å². The molecule has 0 saturated heterocycles. The Kier molecular flexibility index (Phi) is 8.14. The van der Waals surface area contributed by atoms with Crippen molar-refractivity contribution in [3.05, 3.63) is 98.7 Å². The number of nitrogens with one attached hydrogen (secondary N) is 1. The number of amides is 2. The lowest BCUT2D eigenvalue weighted by Crippen LogP contribution is -2.47. The number of fused-ring (bicyclic) bond motifs is 1. The van der Waals surface area contributed by atoms with E-state index in [2.05, 4.69) is 44.8 Å². The van der Waals surface area contributed by atoms with Gasteiger partial charge in [-0.1, -0.05) is 49.7 Å². The molecule has 3 N–H and O–H groups in total. The number of rotatable bonds is 7. The minimum Gasteiger partial charge on any atom is -0.351 e. The molecule has 0 spiro atoms. The van der Waals surface area contributed by atoms with Crippen LogP contribution >= 0.6 is 11.6 Å². The fourth-order valence-corrected chi connectivity index (χ4v) is 6.09. The van der Waals surface area contributed by atoms with Crippen molar-refractivity contribution in [2.45, 2.75) is 72.5 Å². The Morgan fingerprint density at radius 3 is 2.38 bits per heavy atom. The third-order valence-electron chi connectivity index (χ3n) is 8.29. The maximum Gasteiger partial charge on any atom is 0.316 e. The number of urea groups is 1. The van der Waals surface area contributed by atoms with E-state index in [1.807, 2.05) is 41.1 Å². The number of aromatic nitrogens is 2. The summed E-state index contributed by atoms with van der Waals surface area (Å²) in [5, 5.41) is 7.96. The van der Waals surface area contributed by atoms with Gasteiger partial charge in [-0.05, 0) is 74.1 Å². The van der Waals surface area contributed by atoms with Crippen molar-refractivity contribution in [1.82, 2.24) is 14.7 Å². The Balaban J connectivity index is 1.74. The smallest absolute Gasteiger partial charge is 0.316 e. The Bertz CT molecular complexity index is 1660. The molecule has 0 unspecified atom stereocenters. The Labute approximate surface area is 250 Å². The second kappa shape index (κ2) is 11.5. The summed E-state index contributed by atoms with van der Waals surface area (Å²) in [6.45, 7) is 11.7. The first-order chi connectivity index (χ1) is 19.9. The van der Waals surface area contributed by atoms with Gasteiger partial charge in [-0.3, -0.25) is 4.90 Å². The first-order valence-corrected chi connectivity index (χ1v) is 14.6. The number of halogens is 3. The maximum absolute atomic E-state index is 15.9. The molecular weight excluding hydrogens is 556 g/mol. The number of anilines is 1. The molecule has 2 amide bonds. The van der Waals surface area contributed by atoms with Gasteiger partial charge >= 0.3 is 6.03 Å². The van der Waals surface area contributed by atoms with E-state index in [1.165, 1.54) is 0 Å². The second-order valence-corrected chi connectivity index (χ2v) is 12.0. The van der Waals surface area contributed by atoms with Crippen molar-refractivity contribution >= 4 is 23.3 Å². The predicted octanol–water partition coefficient (Wildman–Crippen LogP) is 7.73. The molecule has 4 aromatic rings. The SMILES string of the molecule is CCc1cccc(CC)c1-n1nc2c(c1-c1cc(F)c(NC(N)=O)cc1F)CN(Cc1cc(Cl)ccc1C)C(C)(C)C2. The summed E-state index contributed by atoms with van der Waals surface area (Å²) in [6, 6.07) is 13.1. The number of benzene rings is 3. The summed E-state index contributed by atoms with van der Waals surface area (Å²) in [5.41, 5.74) is 12.1. The molecule has 1 aliphatic heterocycles. The minimum absolute atomic E-state index is 0.0721.